The van der Waals surface area contributed by atoms with Crippen LogP contribution in [-0.2, 0) is 37.0 Å². The van der Waals surface area contributed by atoms with E-state index in [1.165, 1.54) is 13.4 Å². The number of rotatable bonds is 11. The van der Waals surface area contributed by atoms with Crippen molar-refractivity contribution in [1.82, 2.24) is 10.2 Å². The van der Waals surface area contributed by atoms with Gasteiger partial charge in [0, 0.05) is 25.2 Å². The second-order valence-corrected chi connectivity index (χ2v) is 11.3. The molecule has 0 saturated carbocycles. The summed E-state index contributed by atoms with van der Waals surface area (Å²) in [5, 5.41) is 24.8. The number of halogens is 1. The van der Waals surface area contributed by atoms with Gasteiger partial charge in [-0.15, -0.1) is 0 Å². The van der Waals surface area contributed by atoms with Gasteiger partial charge >= 0.3 is 0 Å². The largest absolute Gasteiger partial charge is 0.388 e. The van der Waals surface area contributed by atoms with Crippen LogP contribution < -0.4 is 5.32 Å². The van der Waals surface area contributed by atoms with Gasteiger partial charge in [0.2, 0.25) is 5.91 Å². The van der Waals surface area contributed by atoms with Gasteiger partial charge in [0.25, 0.3) is 0 Å². The molecule has 1 amide bonds. The lowest BCUT2D eigenvalue weighted by atomic mass is 9.93. The first kappa shape index (κ1) is 30.4. The quantitative estimate of drug-likeness (QED) is 0.226. The van der Waals surface area contributed by atoms with E-state index in [0.29, 0.717) is 24.6 Å². The maximum atomic E-state index is 13.4. The Kier molecular flexibility index (Phi) is 10.4. The zero-order valence-corrected chi connectivity index (χ0v) is 24.4. The predicted octanol–water partition coefficient (Wildman–Crippen LogP) is 4.13. The van der Waals surface area contributed by atoms with Gasteiger partial charge in [-0.3, -0.25) is 10.2 Å². The molecule has 2 unspecified atom stereocenters. The number of nitrogens with zero attached hydrogens (tertiary/aromatic N) is 1. The van der Waals surface area contributed by atoms with Crippen molar-refractivity contribution < 1.29 is 28.8 Å². The minimum atomic E-state index is -1.07. The number of amides is 1. The predicted molar refractivity (Wildman–Crippen MR) is 160 cm³/mol. The molecule has 6 atom stereocenters. The van der Waals surface area contributed by atoms with Gasteiger partial charge in [0.1, 0.15) is 24.4 Å². The first-order chi connectivity index (χ1) is 20.4. The van der Waals surface area contributed by atoms with Crippen molar-refractivity contribution in [3.63, 3.8) is 0 Å². The normalized spacial score (nSPS) is 26.2. The SMILES string of the molecule is CO[C@H]1[C@H](O)[C@@H](COCc2ccc3ccccc3c2)OC(OCc2ccc(Cl)cc2)[C@@H]1NC(=O)C1CCCN(C=N)C1. The third kappa shape index (κ3) is 7.47. The van der Waals surface area contributed by atoms with Crippen LogP contribution >= 0.6 is 11.6 Å². The number of piperidine rings is 1. The second kappa shape index (κ2) is 14.4. The van der Waals surface area contributed by atoms with Crippen LogP contribution in [0.25, 0.3) is 10.8 Å². The van der Waals surface area contributed by atoms with Crippen LogP contribution in [-0.4, -0.2) is 79.7 Å². The van der Waals surface area contributed by atoms with Gasteiger partial charge in [-0.05, 0) is 52.9 Å². The molecular weight excluding hydrogens is 558 g/mol. The van der Waals surface area contributed by atoms with Crippen molar-refractivity contribution in [1.29, 1.82) is 5.41 Å². The maximum absolute atomic E-state index is 13.4. The highest BCUT2D eigenvalue weighted by molar-refractivity contribution is 6.30. The summed E-state index contributed by atoms with van der Waals surface area (Å²) in [6.07, 6.45) is -0.725. The van der Waals surface area contributed by atoms with E-state index in [9.17, 15) is 9.90 Å². The molecule has 224 valence electrons. The number of carbonyl (C=O) groups excluding carboxylic acids is 1. The van der Waals surface area contributed by atoms with Gasteiger partial charge in [-0.2, -0.15) is 0 Å². The van der Waals surface area contributed by atoms with Crippen molar-refractivity contribution in [2.24, 2.45) is 5.92 Å². The zero-order valence-electron chi connectivity index (χ0n) is 23.7. The summed E-state index contributed by atoms with van der Waals surface area (Å²) in [7, 11) is 1.50. The summed E-state index contributed by atoms with van der Waals surface area (Å²) < 4.78 is 24.2. The molecule has 2 saturated heterocycles. The minimum Gasteiger partial charge on any atom is -0.388 e. The summed E-state index contributed by atoms with van der Waals surface area (Å²) in [5.74, 6) is -0.481. The van der Waals surface area contributed by atoms with E-state index in [1.807, 2.05) is 35.2 Å². The number of methoxy groups -OCH3 is 1. The Morgan fingerprint density at radius 2 is 1.88 bits per heavy atom. The zero-order chi connectivity index (χ0) is 29.5. The molecule has 0 aliphatic carbocycles. The highest BCUT2D eigenvalue weighted by atomic mass is 35.5. The lowest BCUT2D eigenvalue weighted by Crippen LogP contribution is -2.66. The number of hydrogen-bond donors (Lipinski definition) is 3. The number of aliphatic hydroxyl groups is 1. The molecule has 0 radical (unpaired) electrons. The molecule has 3 aromatic carbocycles. The van der Waals surface area contributed by atoms with Crippen LogP contribution in [0, 0.1) is 11.3 Å². The van der Waals surface area contributed by atoms with E-state index in [1.54, 1.807) is 12.1 Å². The molecular formula is C32H38ClN3O6. The summed E-state index contributed by atoms with van der Waals surface area (Å²) in [6.45, 7) is 1.87. The fraction of sp³-hybridized carbons (Fsp3) is 0.438. The molecule has 2 aliphatic rings. The summed E-state index contributed by atoms with van der Waals surface area (Å²) in [5.41, 5.74) is 1.89. The van der Waals surface area contributed by atoms with E-state index >= 15 is 0 Å². The van der Waals surface area contributed by atoms with Crippen molar-refractivity contribution in [2.45, 2.75) is 56.7 Å². The van der Waals surface area contributed by atoms with Gasteiger partial charge in [-0.25, -0.2) is 0 Å². The molecule has 2 aliphatic heterocycles. The second-order valence-electron chi connectivity index (χ2n) is 10.9. The Hall–Kier alpha value is -3.05. The Balaban J connectivity index is 1.28. The highest BCUT2D eigenvalue weighted by Gasteiger charge is 2.47. The number of ether oxygens (including phenoxy) is 4. The molecule has 2 fully saturated rings. The fourth-order valence-corrected chi connectivity index (χ4v) is 5.76. The lowest BCUT2D eigenvalue weighted by Gasteiger charge is -2.44. The average Bonchev–Trinajstić information content (AvgIpc) is 3.02. The number of fused-ring (bicyclic) bond motifs is 1. The molecule has 3 aromatic rings. The summed E-state index contributed by atoms with van der Waals surface area (Å²) >= 11 is 6.04. The third-order valence-electron chi connectivity index (χ3n) is 7.95. The number of hydrogen-bond acceptors (Lipinski definition) is 7. The van der Waals surface area contributed by atoms with E-state index in [2.05, 4.69) is 29.6 Å². The third-order valence-corrected chi connectivity index (χ3v) is 8.21. The number of benzene rings is 3. The Labute approximate surface area is 251 Å². The van der Waals surface area contributed by atoms with E-state index in [-0.39, 0.29) is 25.0 Å². The molecule has 0 aromatic heterocycles. The number of nitrogens with one attached hydrogen (secondary N) is 2. The first-order valence-corrected chi connectivity index (χ1v) is 14.7. The smallest absolute Gasteiger partial charge is 0.225 e. The molecule has 5 rings (SSSR count). The first-order valence-electron chi connectivity index (χ1n) is 14.3. The maximum Gasteiger partial charge on any atom is 0.225 e. The monoisotopic (exact) mass is 595 g/mol. The molecule has 0 spiro atoms. The molecule has 9 nitrogen and oxygen atoms in total. The van der Waals surface area contributed by atoms with Crippen LogP contribution in [0.3, 0.4) is 0 Å². The Morgan fingerprint density at radius 3 is 2.64 bits per heavy atom. The highest BCUT2D eigenvalue weighted by Crippen LogP contribution is 2.27. The van der Waals surface area contributed by atoms with E-state index < -0.39 is 30.6 Å². The van der Waals surface area contributed by atoms with Crippen LogP contribution in [0.2, 0.25) is 5.02 Å². The van der Waals surface area contributed by atoms with Crippen LogP contribution in [0.4, 0.5) is 0 Å². The topological polar surface area (TPSA) is 113 Å². The molecule has 42 heavy (non-hydrogen) atoms. The number of aliphatic hydroxyl groups excluding tert-OH is 1. The molecule has 0 bridgehead atoms. The number of carbonyl (C=O) groups is 1. The standard InChI is InChI=1S/C32H38ClN3O6/c1-39-30-28(35-31(38)25-7-4-14-36(16-25)20-34)32(41-18-21-9-12-26(33)13-10-21)42-27(29(30)37)19-40-17-22-8-11-23-5-2-3-6-24(23)15-22/h2-3,5-6,8-13,15,20,25,27-30,32,34,37H,4,7,14,16-19H2,1H3,(H,35,38)/t25?,27-,28-,29-,30-,32?/m1/s1. The average molecular weight is 596 g/mol. The van der Waals surface area contributed by atoms with Crippen molar-refractivity contribution in [2.75, 3.05) is 26.8 Å². The van der Waals surface area contributed by atoms with Gasteiger partial charge in [0.15, 0.2) is 6.29 Å². The van der Waals surface area contributed by atoms with E-state index in [4.69, 9.17) is 36.0 Å². The fourth-order valence-electron chi connectivity index (χ4n) is 5.63. The van der Waals surface area contributed by atoms with Crippen molar-refractivity contribution in [3.8, 4) is 0 Å². The van der Waals surface area contributed by atoms with Crippen molar-refractivity contribution in [3.05, 3.63) is 82.9 Å². The van der Waals surface area contributed by atoms with Crippen LogP contribution in [0.5, 0.6) is 0 Å². The van der Waals surface area contributed by atoms with Gasteiger partial charge in [0.05, 0.1) is 32.1 Å². The molecule has 10 heteroatoms. The van der Waals surface area contributed by atoms with Crippen LogP contribution in [0.15, 0.2) is 66.7 Å². The van der Waals surface area contributed by atoms with Crippen LogP contribution in [0.1, 0.15) is 24.0 Å². The summed E-state index contributed by atoms with van der Waals surface area (Å²) in [4.78, 5) is 15.2. The number of likely N-dealkylation sites (tertiary alicyclic amines) is 1. The lowest BCUT2D eigenvalue weighted by molar-refractivity contribution is -0.280. The van der Waals surface area contributed by atoms with Gasteiger partial charge < -0.3 is 34.3 Å². The minimum absolute atomic E-state index is 0.103. The van der Waals surface area contributed by atoms with E-state index in [0.717, 1.165) is 34.9 Å². The van der Waals surface area contributed by atoms with Crippen molar-refractivity contribution >= 4 is 34.6 Å². The molecule has 3 N–H and O–H groups in total. The Bertz CT molecular complexity index is 1340. The Morgan fingerprint density at radius 1 is 1.12 bits per heavy atom. The summed E-state index contributed by atoms with van der Waals surface area (Å²) in [6, 6.07) is 20.8. The van der Waals surface area contributed by atoms with Gasteiger partial charge in [-0.1, -0.05) is 60.1 Å². The molecule has 2 heterocycles.